The summed E-state index contributed by atoms with van der Waals surface area (Å²) in [6.45, 7) is 6.91. The van der Waals surface area contributed by atoms with Gasteiger partial charge in [-0.1, -0.05) is 0 Å². The van der Waals surface area contributed by atoms with E-state index in [-0.39, 0.29) is 12.2 Å². The van der Waals surface area contributed by atoms with Crippen LogP contribution in [0, 0.1) is 3.57 Å². The molecule has 1 amide bonds. The zero-order valence-electron chi connectivity index (χ0n) is 13.9. The molecule has 1 aromatic rings. The standard InChI is InChI=1S/C17H22INO4/c1-17(2,3)23-16(20)19-6-5-10-11-7-12(18)14(21-4)8-13(11)22-15(10)9-19/h7-8,10,15H,5-6,9H2,1-4H3. The number of hydrogen-bond donors (Lipinski definition) is 0. The van der Waals surface area contributed by atoms with Gasteiger partial charge < -0.3 is 19.1 Å². The summed E-state index contributed by atoms with van der Waals surface area (Å²) in [5.74, 6) is 2.04. The highest BCUT2D eigenvalue weighted by molar-refractivity contribution is 14.1. The molecular weight excluding hydrogens is 409 g/mol. The minimum absolute atomic E-state index is 0.00539. The normalized spacial score (nSPS) is 22.9. The Kier molecular flexibility index (Phi) is 4.37. The van der Waals surface area contributed by atoms with Crippen LogP contribution >= 0.6 is 22.6 Å². The summed E-state index contributed by atoms with van der Waals surface area (Å²) >= 11 is 2.28. The Morgan fingerprint density at radius 3 is 2.78 bits per heavy atom. The van der Waals surface area contributed by atoms with E-state index in [4.69, 9.17) is 14.2 Å². The largest absolute Gasteiger partial charge is 0.496 e. The number of likely N-dealkylation sites (tertiary alicyclic amines) is 1. The van der Waals surface area contributed by atoms with E-state index >= 15 is 0 Å². The molecule has 3 rings (SSSR count). The number of carbonyl (C=O) groups is 1. The van der Waals surface area contributed by atoms with Gasteiger partial charge in [0.25, 0.3) is 0 Å². The van der Waals surface area contributed by atoms with Crippen molar-refractivity contribution in [3.63, 3.8) is 0 Å². The van der Waals surface area contributed by atoms with E-state index in [0.717, 1.165) is 21.5 Å². The third-order valence-corrected chi connectivity index (χ3v) is 5.02. The Morgan fingerprint density at radius 1 is 1.39 bits per heavy atom. The summed E-state index contributed by atoms with van der Waals surface area (Å²) in [5.41, 5.74) is 0.751. The number of fused-ring (bicyclic) bond motifs is 3. The van der Waals surface area contributed by atoms with Crippen molar-refractivity contribution in [2.75, 3.05) is 20.2 Å². The van der Waals surface area contributed by atoms with Crippen LogP contribution in [0.3, 0.4) is 0 Å². The first-order valence-corrected chi connectivity index (χ1v) is 8.88. The van der Waals surface area contributed by atoms with Crippen molar-refractivity contribution in [2.24, 2.45) is 0 Å². The molecule has 6 heteroatoms. The molecule has 2 atom stereocenters. The lowest BCUT2D eigenvalue weighted by Gasteiger charge is -2.35. The Balaban J connectivity index is 1.74. The number of benzene rings is 1. The van der Waals surface area contributed by atoms with Crippen LogP contribution in [0.2, 0.25) is 0 Å². The fourth-order valence-corrected chi connectivity index (χ4v) is 3.86. The number of hydrogen-bond acceptors (Lipinski definition) is 4. The van der Waals surface area contributed by atoms with Crippen molar-refractivity contribution in [1.82, 2.24) is 4.90 Å². The van der Waals surface area contributed by atoms with Gasteiger partial charge in [-0.15, -0.1) is 0 Å². The van der Waals surface area contributed by atoms with Crippen LogP contribution in [0.15, 0.2) is 12.1 Å². The van der Waals surface area contributed by atoms with E-state index in [9.17, 15) is 4.79 Å². The van der Waals surface area contributed by atoms with E-state index in [1.54, 1.807) is 12.0 Å². The third kappa shape index (κ3) is 3.36. The number of piperidine rings is 1. The second-order valence-corrected chi connectivity index (χ2v) is 8.16. The summed E-state index contributed by atoms with van der Waals surface area (Å²) in [4.78, 5) is 14.0. The second kappa shape index (κ2) is 6.03. The van der Waals surface area contributed by atoms with Crippen LogP contribution in [0.5, 0.6) is 11.5 Å². The van der Waals surface area contributed by atoms with Crippen LogP contribution < -0.4 is 9.47 Å². The molecule has 0 saturated carbocycles. The predicted molar refractivity (Wildman–Crippen MR) is 95.3 cm³/mol. The van der Waals surface area contributed by atoms with Crippen molar-refractivity contribution >= 4 is 28.7 Å². The highest BCUT2D eigenvalue weighted by atomic mass is 127. The number of amides is 1. The lowest BCUT2D eigenvalue weighted by Crippen LogP contribution is -2.47. The first kappa shape index (κ1) is 16.7. The van der Waals surface area contributed by atoms with Gasteiger partial charge in [-0.25, -0.2) is 4.79 Å². The molecule has 2 unspecified atom stereocenters. The molecule has 2 aliphatic heterocycles. The summed E-state index contributed by atoms with van der Waals surface area (Å²) in [6, 6.07) is 4.09. The van der Waals surface area contributed by atoms with Crippen LogP contribution in [-0.2, 0) is 4.74 Å². The van der Waals surface area contributed by atoms with Crippen LogP contribution in [-0.4, -0.2) is 42.9 Å². The summed E-state index contributed by atoms with van der Waals surface area (Å²) in [6.07, 6.45) is 0.621. The predicted octanol–water partition coefficient (Wildman–Crippen LogP) is 3.79. The van der Waals surface area contributed by atoms with Crippen LogP contribution in [0.25, 0.3) is 0 Å². The highest BCUT2D eigenvalue weighted by Crippen LogP contribution is 2.45. The monoisotopic (exact) mass is 431 g/mol. The number of halogens is 1. The van der Waals surface area contributed by atoms with E-state index in [2.05, 4.69) is 28.7 Å². The van der Waals surface area contributed by atoms with E-state index in [1.165, 1.54) is 5.56 Å². The SMILES string of the molecule is COc1cc2c(cc1I)C1CCN(C(=O)OC(C)(C)C)CC1O2. The molecule has 23 heavy (non-hydrogen) atoms. The van der Waals surface area contributed by atoms with Crippen LogP contribution in [0.4, 0.5) is 4.79 Å². The van der Waals surface area contributed by atoms with Gasteiger partial charge in [-0.2, -0.15) is 0 Å². The van der Waals surface area contributed by atoms with Crippen molar-refractivity contribution < 1.29 is 19.0 Å². The van der Waals surface area contributed by atoms with Gasteiger partial charge in [0.1, 0.15) is 23.2 Å². The molecule has 0 spiro atoms. The van der Waals surface area contributed by atoms with Crippen molar-refractivity contribution in [3.8, 4) is 11.5 Å². The Labute approximate surface area is 150 Å². The zero-order valence-corrected chi connectivity index (χ0v) is 16.0. The third-order valence-electron chi connectivity index (χ3n) is 4.17. The number of rotatable bonds is 1. The summed E-state index contributed by atoms with van der Waals surface area (Å²) in [5, 5.41) is 0. The van der Waals surface area contributed by atoms with Gasteiger partial charge >= 0.3 is 6.09 Å². The molecule has 2 aliphatic rings. The molecule has 0 N–H and O–H groups in total. The number of nitrogens with zero attached hydrogens (tertiary/aromatic N) is 1. The molecule has 1 saturated heterocycles. The Morgan fingerprint density at radius 2 is 2.13 bits per heavy atom. The number of methoxy groups -OCH3 is 1. The maximum absolute atomic E-state index is 12.3. The molecule has 126 valence electrons. The highest BCUT2D eigenvalue weighted by Gasteiger charge is 2.41. The smallest absolute Gasteiger partial charge is 0.410 e. The zero-order chi connectivity index (χ0) is 16.8. The van der Waals surface area contributed by atoms with Gasteiger partial charge in [-0.05, 0) is 55.8 Å². The molecule has 5 nitrogen and oxygen atoms in total. The Bertz CT molecular complexity index is 626. The molecular formula is C17H22INO4. The number of ether oxygens (including phenoxy) is 3. The minimum Gasteiger partial charge on any atom is -0.496 e. The van der Waals surface area contributed by atoms with Crippen molar-refractivity contribution in [1.29, 1.82) is 0 Å². The average Bonchev–Trinajstić information content (AvgIpc) is 2.81. The lowest BCUT2D eigenvalue weighted by atomic mass is 9.89. The average molecular weight is 431 g/mol. The molecule has 0 bridgehead atoms. The first-order chi connectivity index (χ1) is 10.8. The number of carbonyl (C=O) groups excluding carboxylic acids is 1. The van der Waals surface area contributed by atoms with E-state index < -0.39 is 5.60 Å². The second-order valence-electron chi connectivity index (χ2n) is 7.00. The van der Waals surface area contributed by atoms with Gasteiger partial charge in [0.2, 0.25) is 0 Å². The quantitative estimate of drug-likeness (QED) is 0.636. The van der Waals surface area contributed by atoms with Crippen molar-refractivity contribution in [3.05, 3.63) is 21.3 Å². The van der Waals surface area contributed by atoms with Crippen LogP contribution in [0.1, 0.15) is 38.7 Å². The summed E-state index contributed by atoms with van der Waals surface area (Å²) < 4.78 is 18.0. The van der Waals surface area contributed by atoms with Gasteiger partial charge in [0.05, 0.1) is 17.2 Å². The van der Waals surface area contributed by atoms with E-state index in [0.29, 0.717) is 19.0 Å². The Hall–Kier alpha value is -1.18. The van der Waals surface area contributed by atoms with E-state index in [1.807, 2.05) is 26.8 Å². The van der Waals surface area contributed by atoms with Crippen molar-refractivity contribution in [2.45, 2.75) is 44.8 Å². The maximum Gasteiger partial charge on any atom is 0.410 e. The minimum atomic E-state index is -0.475. The lowest BCUT2D eigenvalue weighted by molar-refractivity contribution is 0.00788. The molecule has 0 radical (unpaired) electrons. The van der Waals surface area contributed by atoms with Gasteiger partial charge in [0, 0.05) is 24.1 Å². The molecule has 2 heterocycles. The molecule has 0 aliphatic carbocycles. The topological polar surface area (TPSA) is 48.0 Å². The molecule has 1 fully saturated rings. The van der Waals surface area contributed by atoms with Gasteiger partial charge in [0.15, 0.2) is 0 Å². The fraction of sp³-hybridized carbons (Fsp3) is 0.588. The maximum atomic E-state index is 12.3. The van der Waals surface area contributed by atoms with Gasteiger partial charge in [-0.3, -0.25) is 0 Å². The molecule has 1 aromatic carbocycles. The summed E-state index contributed by atoms with van der Waals surface area (Å²) in [7, 11) is 1.66. The first-order valence-electron chi connectivity index (χ1n) is 7.80. The molecule has 0 aromatic heterocycles. The fourth-order valence-electron chi connectivity index (χ4n) is 3.15.